The Balaban J connectivity index is 2.04. The molecule has 1 aliphatic carbocycles. The average molecular weight is 228 g/mol. The van der Waals surface area contributed by atoms with E-state index in [1.54, 1.807) is 12.5 Å². The van der Waals surface area contributed by atoms with E-state index in [2.05, 4.69) is 0 Å². The quantitative estimate of drug-likeness (QED) is 0.878. The summed E-state index contributed by atoms with van der Waals surface area (Å²) in [4.78, 5) is 11.3. The number of aliphatic carboxylic acids is 1. The molecule has 1 fully saturated rings. The molecule has 2 aromatic rings. The Morgan fingerprint density at radius 3 is 2.65 bits per heavy atom. The summed E-state index contributed by atoms with van der Waals surface area (Å²) >= 11 is 0. The van der Waals surface area contributed by atoms with Gasteiger partial charge >= 0.3 is 5.97 Å². The van der Waals surface area contributed by atoms with Crippen molar-refractivity contribution < 1.29 is 14.3 Å². The van der Waals surface area contributed by atoms with Crippen LogP contribution in [0.4, 0.5) is 0 Å². The molecule has 0 radical (unpaired) electrons. The highest BCUT2D eigenvalue weighted by Crippen LogP contribution is 2.49. The first-order chi connectivity index (χ1) is 8.22. The summed E-state index contributed by atoms with van der Waals surface area (Å²) in [6, 6.07) is 9.59. The lowest BCUT2D eigenvalue weighted by molar-refractivity contribution is -0.140. The van der Waals surface area contributed by atoms with Crippen molar-refractivity contribution in [2.24, 2.45) is 0 Å². The third-order valence-corrected chi connectivity index (χ3v) is 3.43. The Bertz CT molecular complexity index is 551. The van der Waals surface area contributed by atoms with Gasteiger partial charge in [0, 0.05) is 5.56 Å². The Kier molecular flexibility index (Phi) is 2.08. The minimum Gasteiger partial charge on any atom is -0.481 e. The van der Waals surface area contributed by atoms with Crippen LogP contribution < -0.4 is 0 Å². The lowest BCUT2D eigenvalue weighted by atomic mass is 9.93. The molecule has 0 spiro atoms. The molecule has 1 aromatic heterocycles. The van der Waals surface area contributed by atoms with Gasteiger partial charge in [-0.25, -0.2) is 0 Å². The molecular formula is C14H12O3. The highest BCUT2D eigenvalue weighted by molar-refractivity contribution is 5.85. The van der Waals surface area contributed by atoms with Gasteiger partial charge in [-0.2, -0.15) is 0 Å². The van der Waals surface area contributed by atoms with E-state index in [-0.39, 0.29) is 0 Å². The number of hydrogen-bond donors (Lipinski definition) is 1. The van der Waals surface area contributed by atoms with Gasteiger partial charge in [-0.15, -0.1) is 0 Å². The summed E-state index contributed by atoms with van der Waals surface area (Å²) in [7, 11) is 0. The van der Waals surface area contributed by atoms with Crippen molar-refractivity contribution in [1.29, 1.82) is 0 Å². The van der Waals surface area contributed by atoms with Crippen LogP contribution in [0.15, 0.2) is 47.3 Å². The van der Waals surface area contributed by atoms with Crippen LogP contribution in [-0.2, 0) is 10.2 Å². The molecule has 0 saturated heterocycles. The van der Waals surface area contributed by atoms with Gasteiger partial charge in [0.15, 0.2) is 0 Å². The molecule has 3 heteroatoms. The SMILES string of the molecule is O=C(O)C1(c2cccc(-c3ccoc3)c2)CC1. The molecule has 1 aliphatic rings. The molecule has 3 nitrogen and oxygen atoms in total. The molecule has 1 heterocycles. The summed E-state index contributed by atoms with van der Waals surface area (Å²) in [5.74, 6) is -0.721. The van der Waals surface area contributed by atoms with Crippen LogP contribution in [0.25, 0.3) is 11.1 Å². The molecule has 0 amide bonds. The molecule has 0 aliphatic heterocycles. The van der Waals surface area contributed by atoms with Crippen molar-refractivity contribution in [3.8, 4) is 11.1 Å². The van der Waals surface area contributed by atoms with Gasteiger partial charge < -0.3 is 9.52 Å². The second-order valence-electron chi connectivity index (χ2n) is 4.48. The van der Waals surface area contributed by atoms with Gasteiger partial charge in [0.25, 0.3) is 0 Å². The van der Waals surface area contributed by atoms with Crippen LogP contribution in [0, 0.1) is 0 Å². The first-order valence-corrected chi connectivity index (χ1v) is 5.59. The number of carboxylic acid groups (broad SMARTS) is 1. The smallest absolute Gasteiger partial charge is 0.314 e. The van der Waals surface area contributed by atoms with E-state index in [4.69, 9.17) is 4.42 Å². The summed E-state index contributed by atoms with van der Waals surface area (Å²) in [6.45, 7) is 0. The molecule has 1 saturated carbocycles. The first-order valence-electron chi connectivity index (χ1n) is 5.59. The Morgan fingerprint density at radius 2 is 2.06 bits per heavy atom. The lowest BCUT2D eigenvalue weighted by Gasteiger charge is -2.11. The normalized spacial score (nSPS) is 16.7. The topological polar surface area (TPSA) is 50.4 Å². The van der Waals surface area contributed by atoms with Gasteiger partial charge in [0.05, 0.1) is 17.9 Å². The number of benzene rings is 1. The van der Waals surface area contributed by atoms with E-state index >= 15 is 0 Å². The monoisotopic (exact) mass is 228 g/mol. The minimum absolute atomic E-state index is 0.639. The average Bonchev–Trinajstić information content (AvgIpc) is 2.98. The largest absolute Gasteiger partial charge is 0.481 e. The first kappa shape index (κ1) is 10.1. The maximum Gasteiger partial charge on any atom is 0.314 e. The van der Waals surface area contributed by atoms with Crippen molar-refractivity contribution in [3.05, 3.63) is 48.4 Å². The Labute approximate surface area is 98.7 Å². The summed E-state index contributed by atoms with van der Waals surface area (Å²) in [5, 5.41) is 9.26. The summed E-state index contributed by atoms with van der Waals surface area (Å²) in [5.41, 5.74) is 2.24. The predicted octanol–water partition coefficient (Wildman–Crippen LogP) is 3.06. The summed E-state index contributed by atoms with van der Waals surface area (Å²) in [6.07, 6.45) is 4.75. The van der Waals surface area contributed by atoms with Gasteiger partial charge in [0.1, 0.15) is 0 Å². The fourth-order valence-corrected chi connectivity index (χ4v) is 2.18. The Morgan fingerprint density at radius 1 is 1.24 bits per heavy atom. The number of carbonyl (C=O) groups is 1. The molecule has 0 atom stereocenters. The zero-order valence-electron chi connectivity index (χ0n) is 9.22. The molecular weight excluding hydrogens is 216 g/mol. The highest BCUT2D eigenvalue weighted by Gasteiger charge is 2.51. The van der Waals surface area contributed by atoms with Gasteiger partial charge in [-0.05, 0) is 36.1 Å². The van der Waals surface area contributed by atoms with Crippen LogP contribution in [0.1, 0.15) is 18.4 Å². The van der Waals surface area contributed by atoms with Crippen molar-refractivity contribution >= 4 is 5.97 Å². The third-order valence-electron chi connectivity index (χ3n) is 3.43. The number of furan rings is 1. The summed E-state index contributed by atoms with van der Waals surface area (Å²) < 4.78 is 5.04. The third kappa shape index (κ3) is 1.55. The maximum absolute atomic E-state index is 11.3. The Hall–Kier alpha value is -2.03. The highest BCUT2D eigenvalue weighted by atomic mass is 16.4. The van der Waals surface area contributed by atoms with E-state index < -0.39 is 11.4 Å². The molecule has 0 bridgehead atoms. The van der Waals surface area contributed by atoms with E-state index in [0.717, 1.165) is 29.5 Å². The number of carboxylic acids is 1. The number of rotatable bonds is 3. The van der Waals surface area contributed by atoms with Crippen LogP contribution in [0.2, 0.25) is 0 Å². The fraction of sp³-hybridized carbons (Fsp3) is 0.214. The zero-order chi connectivity index (χ0) is 11.9. The fourth-order valence-electron chi connectivity index (χ4n) is 2.18. The molecule has 17 heavy (non-hydrogen) atoms. The minimum atomic E-state index is -0.721. The van der Waals surface area contributed by atoms with Gasteiger partial charge in [0.2, 0.25) is 0 Å². The lowest BCUT2D eigenvalue weighted by Crippen LogP contribution is -2.19. The molecule has 3 rings (SSSR count). The molecule has 86 valence electrons. The molecule has 1 aromatic carbocycles. The van der Waals surface area contributed by atoms with Crippen LogP contribution in [-0.4, -0.2) is 11.1 Å². The van der Waals surface area contributed by atoms with E-state index in [1.807, 2.05) is 30.3 Å². The van der Waals surface area contributed by atoms with Crippen LogP contribution in [0.5, 0.6) is 0 Å². The van der Waals surface area contributed by atoms with Gasteiger partial charge in [-0.1, -0.05) is 18.2 Å². The second kappa shape index (κ2) is 3.48. The molecule has 0 unspecified atom stereocenters. The van der Waals surface area contributed by atoms with Crippen LogP contribution >= 0.6 is 0 Å². The van der Waals surface area contributed by atoms with E-state index in [1.165, 1.54) is 0 Å². The van der Waals surface area contributed by atoms with Crippen molar-refractivity contribution in [3.63, 3.8) is 0 Å². The van der Waals surface area contributed by atoms with Crippen LogP contribution in [0.3, 0.4) is 0 Å². The maximum atomic E-state index is 11.3. The second-order valence-corrected chi connectivity index (χ2v) is 4.48. The zero-order valence-corrected chi connectivity index (χ0v) is 9.22. The van der Waals surface area contributed by atoms with Crippen molar-refractivity contribution in [2.75, 3.05) is 0 Å². The van der Waals surface area contributed by atoms with Crippen molar-refractivity contribution in [2.45, 2.75) is 18.3 Å². The number of hydrogen-bond acceptors (Lipinski definition) is 2. The predicted molar refractivity (Wildman–Crippen MR) is 62.7 cm³/mol. The van der Waals surface area contributed by atoms with E-state index in [0.29, 0.717) is 0 Å². The van der Waals surface area contributed by atoms with E-state index in [9.17, 15) is 9.90 Å². The van der Waals surface area contributed by atoms with Gasteiger partial charge in [-0.3, -0.25) is 4.79 Å². The molecule has 1 N–H and O–H groups in total. The van der Waals surface area contributed by atoms with Crippen molar-refractivity contribution in [1.82, 2.24) is 0 Å². The standard InChI is InChI=1S/C14H12O3/c15-13(16)14(5-6-14)12-3-1-2-10(8-12)11-4-7-17-9-11/h1-4,7-9H,5-6H2,(H,15,16).